The third-order valence-electron chi connectivity index (χ3n) is 5.65. The minimum absolute atomic E-state index is 0.0578. The van der Waals surface area contributed by atoms with Crippen molar-refractivity contribution >= 4 is 46.0 Å². The van der Waals surface area contributed by atoms with Crippen molar-refractivity contribution in [2.45, 2.75) is 39.8 Å². The lowest BCUT2D eigenvalue weighted by atomic mass is 9.95. The van der Waals surface area contributed by atoms with E-state index in [9.17, 15) is 14.7 Å². The van der Waals surface area contributed by atoms with Crippen molar-refractivity contribution in [3.8, 4) is 17.2 Å². The molecule has 0 saturated heterocycles. The van der Waals surface area contributed by atoms with Crippen LogP contribution in [0, 0.1) is 3.57 Å². The van der Waals surface area contributed by atoms with Crippen LogP contribution in [0.4, 0.5) is 0 Å². The Kier molecular flexibility index (Phi) is 8.08. The van der Waals surface area contributed by atoms with E-state index in [1.807, 2.05) is 42.5 Å². The summed E-state index contributed by atoms with van der Waals surface area (Å²) < 4.78 is 19.5. The largest absolute Gasteiger partial charge is 0.507 e. The number of carbonyl (C=O) groups excluding carboxylic acids is 1. The summed E-state index contributed by atoms with van der Waals surface area (Å²) in [6.45, 7) is 7.51. The number of carbonyl (C=O) groups is 1. The van der Waals surface area contributed by atoms with Crippen molar-refractivity contribution in [1.82, 2.24) is 4.57 Å². The zero-order valence-corrected chi connectivity index (χ0v) is 24.0. The number of hydrogen-bond acceptors (Lipinski definition) is 8. The quantitative estimate of drug-likeness (QED) is 0.313. The van der Waals surface area contributed by atoms with E-state index in [0.29, 0.717) is 41.2 Å². The van der Waals surface area contributed by atoms with E-state index in [1.165, 1.54) is 15.9 Å². The number of thiazole rings is 1. The molecule has 0 unspecified atom stereocenters. The molecule has 0 spiro atoms. The Balaban J connectivity index is 1.94. The number of hydrogen-bond donors (Lipinski definition) is 1. The number of fused-ring (bicyclic) bond motifs is 1. The minimum atomic E-state index is -0.764. The molecule has 1 atom stereocenters. The summed E-state index contributed by atoms with van der Waals surface area (Å²) in [6.07, 6.45) is 1.70. The predicted molar refractivity (Wildman–Crippen MR) is 150 cm³/mol. The van der Waals surface area contributed by atoms with Crippen molar-refractivity contribution in [2.75, 3.05) is 13.7 Å². The van der Waals surface area contributed by atoms with E-state index in [0.717, 1.165) is 5.56 Å². The van der Waals surface area contributed by atoms with Gasteiger partial charge in [0.25, 0.3) is 5.56 Å². The first-order chi connectivity index (χ1) is 17.6. The first-order valence-electron chi connectivity index (χ1n) is 11.7. The Morgan fingerprint density at radius 2 is 2.00 bits per heavy atom. The van der Waals surface area contributed by atoms with Gasteiger partial charge in [0.1, 0.15) is 5.75 Å². The number of benzene rings is 2. The molecule has 2 aromatic carbocycles. The number of rotatable bonds is 7. The maximum Gasteiger partial charge on any atom is 0.338 e. The maximum atomic E-state index is 13.8. The molecule has 0 radical (unpaired) electrons. The SMILES string of the molecule is CCOC(=O)C1=C(C)N=c2s/c(=C\c3ccc(O)c(I)c3)c(=O)n2[C@H]1c1ccc(OC(C)C)c(OC)c1. The molecule has 0 bridgehead atoms. The lowest BCUT2D eigenvalue weighted by Crippen LogP contribution is -2.40. The van der Waals surface area contributed by atoms with Crippen LogP contribution in [0.25, 0.3) is 6.08 Å². The minimum Gasteiger partial charge on any atom is -0.507 e. The zero-order chi connectivity index (χ0) is 26.9. The van der Waals surface area contributed by atoms with E-state index in [1.54, 1.807) is 57.4 Å². The van der Waals surface area contributed by atoms with Gasteiger partial charge in [-0.1, -0.05) is 23.5 Å². The van der Waals surface area contributed by atoms with Crippen LogP contribution in [0.3, 0.4) is 0 Å². The first-order valence-corrected chi connectivity index (χ1v) is 13.6. The number of aromatic hydroxyl groups is 1. The number of phenolic OH excluding ortho intramolecular Hbond substituents is 1. The van der Waals surface area contributed by atoms with Gasteiger partial charge in [-0.3, -0.25) is 9.36 Å². The molecule has 3 aromatic rings. The van der Waals surface area contributed by atoms with Gasteiger partial charge < -0.3 is 19.3 Å². The highest BCUT2D eigenvalue weighted by molar-refractivity contribution is 14.1. The number of halogens is 1. The van der Waals surface area contributed by atoms with Crippen molar-refractivity contribution in [3.63, 3.8) is 0 Å². The van der Waals surface area contributed by atoms with Crippen LogP contribution in [0.1, 0.15) is 44.9 Å². The second-order valence-electron chi connectivity index (χ2n) is 8.59. The number of allylic oxidation sites excluding steroid dienone is 1. The molecule has 10 heteroatoms. The molecule has 4 rings (SSSR count). The summed E-state index contributed by atoms with van der Waals surface area (Å²) in [4.78, 5) is 31.9. The molecule has 37 heavy (non-hydrogen) atoms. The highest BCUT2D eigenvalue weighted by atomic mass is 127. The Morgan fingerprint density at radius 1 is 1.24 bits per heavy atom. The van der Waals surface area contributed by atoms with Gasteiger partial charge in [0.2, 0.25) is 0 Å². The van der Waals surface area contributed by atoms with Crippen LogP contribution in [-0.4, -0.2) is 35.5 Å². The van der Waals surface area contributed by atoms with Gasteiger partial charge in [0.05, 0.1) is 45.2 Å². The molecule has 1 aliphatic heterocycles. The molecule has 8 nitrogen and oxygen atoms in total. The van der Waals surface area contributed by atoms with Crippen molar-refractivity contribution < 1.29 is 24.1 Å². The van der Waals surface area contributed by atoms with E-state index in [4.69, 9.17) is 14.2 Å². The summed E-state index contributed by atoms with van der Waals surface area (Å²) in [5.41, 5.74) is 1.92. The van der Waals surface area contributed by atoms with E-state index in [2.05, 4.69) is 4.99 Å². The monoisotopic (exact) mass is 634 g/mol. The smallest absolute Gasteiger partial charge is 0.338 e. The highest BCUT2D eigenvalue weighted by Gasteiger charge is 2.34. The topological polar surface area (TPSA) is 99.4 Å². The molecular formula is C27H27IN2O6S. The van der Waals surface area contributed by atoms with E-state index >= 15 is 0 Å². The molecule has 2 heterocycles. The van der Waals surface area contributed by atoms with Crippen LogP contribution in [-0.2, 0) is 9.53 Å². The summed E-state index contributed by atoms with van der Waals surface area (Å²) in [7, 11) is 1.55. The van der Waals surface area contributed by atoms with Crippen molar-refractivity contribution in [2.24, 2.45) is 4.99 Å². The van der Waals surface area contributed by atoms with Crippen LogP contribution >= 0.6 is 33.9 Å². The van der Waals surface area contributed by atoms with Crippen LogP contribution in [0.2, 0.25) is 0 Å². The molecule has 0 amide bonds. The standard InChI is InChI=1S/C27H27IN2O6S/c1-6-35-26(33)23-15(4)29-27-30(24(23)17-8-10-20(36-14(2)3)21(13-17)34-5)25(32)22(37-27)12-16-7-9-19(31)18(28)11-16/h7-14,24,31H,6H2,1-5H3/b22-12-/t24-/m0/s1. The third-order valence-corrected chi connectivity index (χ3v) is 7.50. The van der Waals surface area contributed by atoms with Crippen molar-refractivity contribution in [1.29, 1.82) is 0 Å². The summed E-state index contributed by atoms with van der Waals surface area (Å²) in [5.74, 6) is 0.698. The van der Waals surface area contributed by atoms with E-state index in [-0.39, 0.29) is 24.0 Å². The zero-order valence-electron chi connectivity index (χ0n) is 21.1. The molecule has 1 N–H and O–H groups in total. The molecular weight excluding hydrogens is 607 g/mol. The molecule has 0 saturated carbocycles. The normalized spacial score (nSPS) is 15.4. The lowest BCUT2D eigenvalue weighted by molar-refractivity contribution is -0.139. The first kappa shape index (κ1) is 26.9. The van der Waals surface area contributed by atoms with Gasteiger partial charge in [-0.05, 0) is 91.8 Å². The fraction of sp³-hybridized carbons (Fsp3) is 0.296. The number of nitrogens with zero attached hydrogens (tertiary/aromatic N) is 2. The Hall–Kier alpha value is -3.12. The predicted octanol–water partition coefficient (Wildman–Crippen LogP) is 3.90. The summed E-state index contributed by atoms with van der Waals surface area (Å²) >= 11 is 3.28. The van der Waals surface area contributed by atoms with Crippen LogP contribution in [0.15, 0.2) is 57.5 Å². The molecule has 194 valence electrons. The van der Waals surface area contributed by atoms with Gasteiger partial charge in [0.15, 0.2) is 16.3 Å². The fourth-order valence-corrected chi connectivity index (χ4v) is 5.66. The van der Waals surface area contributed by atoms with Crippen LogP contribution < -0.4 is 24.4 Å². The van der Waals surface area contributed by atoms with Gasteiger partial charge in [-0.2, -0.15) is 0 Å². The second-order valence-corrected chi connectivity index (χ2v) is 10.8. The number of aromatic nitrogens is 1. The van der Waals surface area contributed by atoms with Gasteiger partial charge >= 0.3 is 5.97 Å². The Morgan fingerprint density at radius 3 is 2.65 bits per heavy atom. The number of esters is 1. The lowest BCUT2D eigenvalue weighted by Gasteiger charge is -2.25. The van der Waals surface area contributed by atoms with Gasteiger partial charge in [0, 0.05) is 0 Å². The number of phenols is 1. The second kappa shape index (κ2) is 11.1. The summed E-state index contributed by atoms with van der Waals surface area (Å²) in [5, 5.41) is 9.85. The molecule has 0 fully saturated rings. The Labute approximate surface area is 231 Å². The third kappa shape index (κ3) is 5.45. The maximum absolute atomic E-state index is 13.8. The average Bonchev–Trinajstić information content (AvgIpc) is 3.15. The highest BCUT2D eigenvalue weighted by Crippen LogP contribution is 2.36. The van der Waals surface area contributed by atoms with Gasteiger partial charge in [-0.15, -0.1) is 0 Å². The van der Waals surface area contributed by atoms with Gasteiger partial charge in [-0.25, -0.2) is 9.79 Å². The molecule has 0 aliphatic carbocycles. The molecule has 1 aromatic heterocycles. The van der Waals surface area contributed by atoms with E-state index < -0.39 is 12.0 Å². The summed E-state index contributed by atoms with van der Waals surface area (Å²) in [6, 6.07) is 9.73. The molecule has 1 aliphatic rings. The number of ether oxygens (including phenoxy) is 3. The average molecular weight is 634 g/mol. The number of methoxy groups -OCH3 is 1. The van der Waals surface area contributed by atoms with Crippen molar-refractivity contribution in [3.05, 3.63) is 82.1 Å². The fourth-order valence-electron chi connectivity index (χ4n) is 4.08. The van der Waals surface area contributed by atoms with Crippen LogP contribution in [0.5, 0.6) is 17.2 Å². The Bertz CT molecular complexity index is 1570.